The van der Waals surface area contributed by atoms with Crippen LogP contribution in [0.2, 0.25) is 0 Å². The standard InChI is InChI=1S/C22H25N5O/c1-2-18-17-7-3-4-8-20(17)27(25-18)15-22-24-19-13-16(14-23)9-10-21(19)26(22)11-5-6-12-28/h2-4,7-10,13,28H,1,5-6,11-12,14-15,23H2. The fourth-order valence-electron chi connectivity index (χ4n) is 3.66. The number of aliphatic hydroxyl groups is 1. The van der Waals surface area contributed by atoms with Crippen LogP contribution in [0.1, 0.15) is 29.9 Å². The Morgan fingerprint density at radius 3 is 2.75 bits per heavy atom. The molecule has 3 N–H and O–H groups in total. The molecule has 0 aliphatic heterocycles. The molecule has 28 heavy (non-hydrogen) atoms. The van der Waals surface area contributed by atoms with Crippen molar-refractivity contribution >= 4 is 28.0 Å². The Labute approximate surface area is 163 Å². The van der Waals surface area contributed by atoms with Crippen molar-refractivity contribution in [3.05, 3.63) is 66.1 Å². The van der Waals surface area contributed by atoms with E-state index < -0.39 is 0 Å². The highest BCUT2D eigenvalue weighted by molar-refractivity contribution is 5.87. The highest BCUT2D eigenvalue weighted by Crippen LogP contribution is 2.23. The number of rotatable bonds is 8. The van der Waals surface area contributed by atoms with Gasteiger partial charge in [0.1, 0.15) is 5.82 Å². The van der Waals surface area contributed by atoms with Crippen LogP contribution in [0, 0.1) is 0 Å². The average Bonchev–Trinajstić information content (AvgIpc) is 3.26. The van der Waals surface area contributed by atoms with Crippen LogP contribution in [0.3, 0.4) is 0 Å². The molecule has 4 aromatic rings. The zero-order valence-electron chi connectivity index (χ0n) is 15.9. The van der Waals surface area contributed by atoms with E-state index in [2.05, 4.69) is 41.5 Å². The number of aryl methyl sites for hydroxylation is 1. The van der Waals surface area contributed by atoms with E-state index in [9.17, 15) is 0 Å². The molecular formula is C22H25N5O. The van der Waals surface area contributed by atoms with Crippen LogP contribution in [0.25, 0.3) is 28.0 Å². The highest BCUT2D eigenvalue weighted by atomic mass is 16.2. The fourth-order valence-corrected chi connectivity index (χ4v) is 3.66. The average molecular weight is 375 g/mol. The second-order valence-electron chi connectivity index (χ2n) is 6.90. The molecule has 0 spiro atoms. The number of unbranched alkanes of at least 4 members (excludes halogenated alkanes) is 1. The van der Waals surface area contributed by atoms with Gasteiger partial charge in [0.05, 0.1) is 28.8 Å². The SMILES string of the molecule is C=Cc1nn(Cc2nc3cc(CN)ccc3n2CCCCO)c2ccccc12. The van der Waals surface area contributed by atoms with Crippen molar-refractivity contribution in [3.8, 4) is 0 Å². The molecule has 144 valence electrons. The topological polar surface area (TPSA) is 81.9 Å². The number of para-hydroxylation sites is 1. The monoisotopic (exact) mass is 375 g/mol. The number of nitrogens with two attached hydrogens (primary N) is 1. The molecule has 4 rings (SSSR count). The van der Waals surface area contributed by atoms with Gasteiger partial charge in [-0.15, -0.1) is 0 Å². The van der Waals surface area contributed by atoms with Gasteiger partial charge in [0.15, 0.2) is 0 Å². The Balaban J connectivity index is 1.79. The molecule has 0 bridgehead atoms. The molecule has 0 fully saturated rings. The maximum Gasteiger partial charge on any atom is 0.131 e. The summed E-state index contributed by atoms with van der Waals surface area (Å²) in [6.45, 7) is 5.96. The lowest BCUT2D eigenvalue weighted by atomic mass is 10.2. The Hall–Kier alpha value is -2.96. The minimum Gasteiger partial charge on any atom is -0.396 e. The summed E-state index contributed by atoms with van der Waals surface area (Å²) in [5, 5.41) is 15.0. The smallest absolute Gasteiger partial charge is 0.131 e. The first-order chi connectivity index (χ1) is 13.7. The van der Waals surface area contributed by atoms with Crippen molar-refractivity contribution in [2.45, 2.75) is 32.5 Å². The van der Waals surface area contributed by atoms with Crippen molar-refractivity contribution < 1.29 is 5.11 Å². The lowest BCUT2D eigenvalue weighted by molar-refractivity contribution is 0.281. The third-order valence-electron chi connectivity index (χ3n) is 5.09. The third-order valence-corrected chi connectivity index (χ3v) is 5.09. The van der Waals surface area contributed by atoms with Crippen molar-refractivity contribution in [2.75, 3.05) is 6.61 Å². The molecule has 2 aromatic carbocycles. The van der Waals surface area contributed by atoms with Crippen LogP contribution in [0.5, 0.6) is 0 Å². The molecule has 0 amide bonds. The largest absolute Gasteiger partial charge is 0.396 e. The molecule has 0 aliphatic carbocycles. The molecule has 0 atom stereocenters. The summed E-state index contributed by atoms with van der Waals surface area (Å²) in [4.78, 5) is 4.90. The fraction of sp³-hybridized carbons (Fsp3) is 0.273. The van der Waals surface area contributed by atoms with E-state index in [4.69, 9.17) is 20.9 Å². The molecule has 2 aromatic heterocycles. The minimum atomic E-state index is 0.200. The zero-order valence-corrected chi connectivity index (χ0v) is 15.9. The molecule has 0 saturated carbocycles. The van der Waals surface area contributed by atoms with Crippen LogP contribution < -0.4 is 5.73 Å². The number of aromatic nitrogens is 4. The summed E-state index contributed by atoms with van der Waals surface area (Å²) in [5.74, 6) is 0.950. The van der Waals surface area contributed by atoms with Gasteiger partial charge >= 0.3 is 0 Å². The van der Waals surface area contributed by atoms with E-state index in [1.165, 1.54) is 0 Å². The van der Waals surface area contributed by atoms with Gasteiger partial charge in [0.2, 0.25) is 0 Å². The third kappa shape index (κ3) is 3.32. The van der Waals surface area contributed by atoms with Gasteiger partial charge in [-0.05, 0) is 42.7 Å². The maximum atomic E-state index is 9.17. The second kappa shape index (κ2) is 7.96. The lowest BCUT2D eigenvalue weighted by Crippen LogP contribution is -2.10. The number of aliphatic hydroxyl groups excluding tert-OH is 1. The van der Waals surface area contributed by atoms with Crippen molar-refractivity contribution in [2.24, 2.45) is 5.73 Å². The second-order valence-corrected chi connectivity index (χ2v) is 6.90. The molecule has 0 saturated heterocycles. The Kier molecular flexibility index (Phi) is 5.23. The van der Waals surface area contributed by atoms with Gasteiger partial charge < -0.3 is 15.4 Å². The predicted octanol–water partition coefficient (Wildman–Crippen LogP) is 3.31. The van der Waals surface area contributed by atoms with E-state index >= 15 is 0 Å². The van der Waals surface area contributed by atoms with Crippen molar-refractivity contribution in [1.29, 1.82) is 0 Å². The number of hydrogen-bond donors (Lipinski definition) is 2. The van der Waals surface area contributed by atoms with E-state index in [0.717, 1.165) is 58.4 Å². The van der Waals surface area contributed by atoms with Crippen molar-refractivity contribution in [1.82, 2.24) is 19.3 Å². The van der Waals surface area contributed by atoms with Gasteiger partial charge in [-0.25, -0.2) is 4.98 Å². The maximum absolute atomic E-state index is 9.17. The van der Waals surface area contributed by atoms with E-state index in [0.29, 0.717) is 13.1 Å². The molecular weight excluding hydrogens is 350 g/mol. The molecule has 0 radical (unpaired) electrons. The van der Waals surface area contributed by atoms with Gasteiger partial charge in [0.25, 0.3) is 0 Å². The number of fused-ring (bicyclic) bond motifs is 2. The number of hydrogen-bond acceptors (Lipinski definition) is 4. The molecule has 6 heteroatoms. The van der Waals surface area contributed by atoms with Crippen LogP contribution in [0.4, 0.5) is 0 Å². The van der Waals surface area contributed by atoms with Gasteiger partial charge in [0, 0.05) is 25.1 Å². The van der Waals surface area contributed by atoms with Crippen molar-refractivity contribution in [3.63, 3.8) is 0 Å². The predicted molar refractivity (Wildman–Crippen MR) is 113 cm³/mol. The Bertz CT molecular complexity index is 1120. The Morgan fingerprint density at radius 1 is 1.11 bits per heavy atom. The molecule has 0 aliphatic rings. The zero-order chi connectivity index (χ0) is 19.5. The van der Waals surface area contributed by atoms with Crippen LogP contribution in [0.15, 0.2) is 49.0 Å². The number of nitrogens with zero attached hydrogens (tertiary/aromatic N) is 4. The summed E-state index contributed by atoms with van der Waals surface area (Å²) >= 11 is 0. The minimum absolute atomic E-state index is 0.200. The van der Waals surface area contributed by atoms with Crippen LogP contribution in [-0.2, 0) is 19.6 Å². The first-order valence-corrected chi connectivity index (χ1v) is 9.62. The summed E-state index contributed by atoms with van der Waals surface area (Å²) in [7, 11) is 0. The van der Waals surface area contributed by atoms with Gasteiger partial charge in [-0.1, -0.05) is 30.8 Å². The summed E-state index contributed by atoms with van der Waals surface area (Å²) < 4.78 is 4.22. The Morgan fingerprint density at radius 2 is 1.96 bits per heavy atom. The van der Waals surface area contributed by atoms with E-state index in [1.54, 1.807) is 6.08 Å². The first-order valence-electron chi connectivity index (χ1n) is 9.62. The number of benzene rings is 2. The summed E-state index contributed by atoms with van der Waals surface area (Å²) in [6, 6.07) is 14.4. The highest BCUT2D eigenvalue weighted by Gasteiger charge is 2.14. The first kappa shape index (κ1) is 18.4. The molecule has 0 unspecified atom stereocenters. The lowest BCUT2D eigenvalue weighted by Gasteiger charge is -2.10. The quantitative estimate of drug-likeness (QED) is 0.463. The van der Waals surface area contributed by atoms with Crippen LogP contribution >= 0.6 is 0 Å². The van der Waals surface area contributed by atoms with Gasteiger partial charge in [-0.2, -0.15) is 5.10 Å². The molecule has 6 nitrogen and oxygen atoms in total. The normalized spacial score (nSPS) is 11.5. The van der Waals surface area contributed by atoms with Crippen LogP contribution in [-0.4, -0.2) is 31.0 Å². The van der Waals surface area contributed by atoms with E-state index in [1.807, 2.05) is 16.8 Å². The summed E-state index contributed by atoms with van der Waals surface area (Å²) in [6.07, 6.45) is 3.45. The molecule has 2 heterocycles. The summed E-state index contributed by atoms with van der Waals surface area (Å²) in [5.41, 5.74) is 10.8. The van der Waals surface area contributed by atoms with E-state index in [-0.39, 0.29) is 6.61 Å². The number of imidazole rings is 1. The van der Waals surface area contributed by atoms with Gasteiger partial charge in [-0.3, -0.25) is 4.68 Å².